The van der Waals surface area contributed by atoms with Crippen LogP contribution < -0.4 is 4.74 Å². The molecule has 38 heavy (non-hydrogen) atoms. The molecule has 1 amide bonds. The molecule has 7 heteroatoms. The topological polar surface area (TPSA) is 38.8 Å². The highest BCUT2D eigenvalue weighted by atomic mass is 19.1. The first-order chi connectivity index (χ1) is 18.4. The lowest BCUT2D eigenvalue weighted by Crippen LogP contribution is -2.60. The van der Waals surface area contributed by atoms with Gasteiger partial charge in [0, 0.05) is 17.9 Å². The molecule has 2 aliphatic heterocycles. The van der Waals surface area contributed by atoms with Crippen molar-refractivity contribution in [2.75, 3.05) is 32.7 Å². The zero-order chi connectivity index (χ0) is 26.5. The molecule has 0 N–H and O–H groups in total. The number of carbonyl (C=O) groups is 1. The lowest BCUT2D eigenvalue weighted by atomic mass is 9.87. The summed E-state index contributed by atoms with van der Waals surface area (Å²) in [5, 5.41) is 0. The molecule has 5 nitrogen and oxygen atoms in total. The van der Waals surface area contributed by atoms with Crippen LogP contribution in [-0.4, -0.2) is 48.2 Å². The number of quaternary nitrogens is 1. The summed E-state index contributed by atoms with van der Waals surface area (Å²) in [5.41, 5.74) is 2.69. The molecular weight excluding hydrogens is 486 g/mol. The number of nitrogens with zero attached hydrogens (tertiary/aromatic N) is 2. The number of amides is 1. The maximum absolute atomic E-state index is 14.1. The normalized spacial score (nSPS) is 22.8. The second-order valence-corrected chi connectivity index (χ2v) is 10.4. The monoisotopic (exact) mass is 521 g/mol. The first-order valence-corrected chi connectivity index (χ1v) is 13.5. The number of rotatable bonds is 8. The van der Waals surface area contributed by atoms with E-state index in [4.69, 9.17) is 9.57 Å². The second-order valence-electron chi connectivity index (χ2n) is 10.4. The minimum atomic E-state index is -0.878. The van der Waals surface area contributed by atoms with E-state index in [0.29, 0.717) is 25.4 Å². The summed E-state index contributed by atoms with van der Waals surface area (Å²) in [7, 11) is 0. The Morgan fingerprint density at radius 3 is 2.39 bits per heavy atom. The zero-order valence-electron chi connectivity index (χ0n) is 21.8. The number of benzene rings is 3. The molecular formula is C31H35F2N2O3+. The van der Waals surface area contributed by atoms with Gasteiger partial charge >= 0.3 is 5.91 Å². The summed E-state index contributed by atoms with van der Waals surface area (Å²) >= 11 is 0. The number of hydroxylamine groups is 3. The lowest BCUT2D eigenvalue weighted by molar-refractivity contribution is -1.06. The number of hydrogen-bond donors (Lipinski definition) is 0. The van der Waals surface area contributed by atoms with Crippen molar-refractivity contribution in [2.45, 2.75) is 44.8 Å². The van der Waals surface area contributed by atoms with Crippen LogP contribution in [0.25, 0.3) is 0 Å². The summed E-state index contributed by atoms with van der Waals surface area (Å²) in [6, 6.07) is 20.2. The predicted octanol–water partition coefficient (Wildman–Crippen LogP) is 6.30. The van der Waals surface area contributed by atoms with Gasteiger partial charge in [0.2, 0.25) is 0 Å². The van der Waals surface area contributed by atoms with Gasteiger partial charge in [-0.25, -0.2) is 13.6 Å². The van der Waals surface area contributed by atoms with Gasteiger partial charge in [0.05, 0.1) is 0 Å². The Kier molecular flexibility index (Phi) is 8.17. The molecule has 5 rings (SSSR count). The number of halogens is 2. The van der Waals surface area contributed by atoms with Crippen molar-refractivity contribution in [1.29, 1.82) is 0 Å². The molecule has 0 aromatic heterocycles. The standard InChI is InChI=1S/C31H35F2N2O3/c1-23-20-27(33)13-16-29(23)25-10-7-19-35(22-25,30(36)21-34-17-5-6-18-34)38-31(24-8-3-2-4-9-24)37-28-14-11-26(32)12-15-28/h2-4,8-9,11-16,20,25,31H,5-7,10,17-19,21-22H2,1H3/q+1. The van der Waals surface area contributed by atoms with E-state index in [1.54, 1.807) is 18.2 Å². The number of piperidine rings is 1. The highest BCUT2D eigenvalue weighted by molar-refractivity contribution is 5.71. The zero-order valence-corrected chi connectivity index (χ0v) is 21.8. The molecule has 2 aliphatic rings. The van der Waals surface area contributed by atoms with E-state index in [1.165, 1.54) is 18.2 Å². The van der Waals surface area contributed by atoms with Crippen LogP contribution in [0.4, 0.5) is 8.78 Å². The Morgan fingerprint density at radius 2 is 1.68 bits per heavy atom. The fourth-order valence-electron chi connectivity index (χ4n) is 5.71. The second kappa shape index (κ2) is 11.7. The quantitative estimate of drug-likeness (QED) is 0.258. The van der Waals surface area contributed by atoms with Crippen LogP contribution in [0.15, 0.2) is 72.8 Å². The predicted molar refractivity (Wildman–Crippen MR) is 141 cm³/mol. The first kappa shape index (κ1) is 26.5. The lowest BCUT2D eigenvalue weighted by Gasteiger charge is -2.41. The van der Waals surface area contributed by atoms with Crippen molar-refractivity contribution in [2.24, 2.45) is 0 Å². The van der Waals surface area contributed by atoms with Crippen LogP contribution in [-0.2, 0) is 9.63 Å². The van der Waals surface area contributed by atoms with Gasteiger partial charge in [-0.1, -0.05) is 36.4 Å². The van der Waals surface area contributed by atoms with Gasteiger partial charge in [0.25, 0.3) is 6.29 Å². The largest absolute Gasteiger partial charge is 0.455 e. The van der Waals surface area contributed by atoms with E-state index < -0.39 is 6.29 Å². The van der Waals surface area contributed by atoms with Crippen molar-refractivity contribution in [3.8, 4) is 5.75 Å². The fourth-order valence-corrected chi connectivity index (χ4v) is 5.71. The Morgan fingerprint density at radius 1 is 0.974 bits per heavy atom. The Balaban J connectivity index is 1.49. The maximum Gasteiger partial charge on any atom is 0.360 e. The molecule has 200 valence electrons. The first-order valence-electron chi connectivity index (χ1n) is 13.5. The van der Waals surface area contributed by atoms with Crippen LogP contribution in [0.2, 0.25) is 0 Å². The smallest absolute Gasteiger partial charge is 0.360 e. The van der Waals surface area contributed by atoms with Gasteiger partial charge in [0.15, 0.2) is 0 Å². The Labute approximate surface area is 223 Å². The molecule has 0 radical (unpaired) electrons. The van der Waals surface area contributed by atoms with E-state index >= 15 is 0 Å². The van der Waals surface area contributed by atoms with E-state index in [-0.39, 0.29) is 28.1 Å². The van der Waals surface area contributed by atoms with Gasteiger partial charge in [0.1, 0.15) is 37.0 Å². The third-order valence-electron chi connectivity index (χ3n) is 7.70. The van der Waals surface area contributed by atoms with E-state index in [0.717, 1.165) is 55.5 Å². The molecule has 0 spiro atoms. The van der Waals surface area contributed by atoms with Crippen LogP contribution in [0.5, 0.6) is 5.75 Å². The van der Waals surface area contributed by atoms with Crippen LogP contribution in [0.3, 0.4) is 0 Å². The van der Waals surface area contributed by atoms with Crippen LogP contribution in [0, 0.1) is 18.6 Å². The number of carbonyl (C=O) groups excluding carboxylic acids is 1. The number of likely N-dealkylation sites (tertiary alicyclic amines) is 2. The molecule has 2 saturated heterocycles. The van der Waals surface area contributed by atoms with Crippen molar-refractivity contribution < 1.29 is 27.8 Å². The molecule has 2 fully saturated rings. The average Bonchev–Trinajstić information content (AvgIpc) is 3.43. The minimum Gasteiger partial charge on any atom is -0.455 e. The van der Waals surface area contributed by atoms with Gasteiger partial charge in [-0.2, -0.15) is 0 Å². The van der Waals surface area contributed by atoms with Crippen molar-refractivity contribution in [1.82, 2.24) is 4.90 Å². The van der Waals surface area contributed by atoms with Gasteiger partial charge in [-0.3, -0.25) is 4.90 Å². The van der Waals surface area contributed by atoms with Crippen LogP contribution in [0.1, 0.15) is 54.6 Å². The third kappa shape index (κ3) is 6.12. The van der Waals surface area contributed by atoms with Crippen molar-refractivity contribution >= 4 is 5.91 Å². The SMILES string of the molecule is Cc1cc(F)ccc1C1CCC[N+](OC(Oc2ccc(F)cc2)c2ccccc2)(C(=O)CN2CCCC2)C1. The van der Waals surface area contributed by atoms with Crippen molar-refractivity contribution in [3.05, 3.63) is 101 Å². The summed E-state index contributed by atoms with van der Waals surface area (Å²) in [4.78, 5) is 23.0. The summed E-state index contributed by atoms with van der Waals surface area (Å²) in [5.74, 6) is -0.129. The molecule has 3 aromatic rings. The molecule has 3 atom stereocenters. The third-order valence-corrected chi connectivity index (χ3v) is 7.70. The Bertz CT molecular complexity index is 1230. The minimum absolute atomic E-state index is 0.00000184. The molecule has 3 unspecified atom stereocenters. The average molecular weight is 522 g/mol. The molecule has 0 aliphatic carbocycles. The number of aryl methyl sites for hydroxylation is 1. The van der Waals surface area contributed by atoms with Gasteiger partial charge in [-0.05, 0) is 86.8 Å². The molecule has 2 heterocycles. The summed E-state index contributed by atoms with van der Waals surface area (Å²) in [6.45, 7) is 5.00. The fraction of sp³-hybridized carbons (Fsp3) is 0.387. The molecule has 0 saturated carbocycles. The maximum atomic E-state index is 14.1. The van der Waals surface area contributed by atoms with E-state index in [2.05, 4.69) is 4.90 Å². The summed E-state index contributed by atoms with van der Waals surface area (Å²) in [6.07, 6.45) is 2.97. The van der Waals surface area contributed by atoms with Crippen molar-refractivity contribution in [3.63, 3.8) is 0 Å². The number of hydrogen-bond acceptors (Lipinski definition) is 4. The summed E-state index contributed by atoms with van der Waals surface area (Å²) < 4.78 is 33.5. The molecule has 3 aromatic carbocycles. The number of ether oxygens (including phenoxy) is 1. The molecule has 0 bridgehead atoms. The van der Waals surface area contributed by atoms with Crippen LogP contribution >= 0.6 is 0 Å². The van der Waals surface area contributed by atoms with E-state index in [9.17, 15) is 13.6 Å². The van der Waals surface area contributed by atoms with Gasteiger partial charge in [-0.15, -0.1) is 9.48 Å². The van der Waals surface area contributed by atoms with Gasteiger partial charge < -0.3 is 4.74 Å². The highest BCUT2D eigenvalue weighted by Gasteiger charge is 2.48. The van der Waals surface area contributed by atoms with E-state index in [1.807, 2.05) is 43.3 Å². The highest BCUT2D eigenvalue weighted by Crippen LogP contribution is 2.37. The Hall–Kier alpha value is -3.13.